The molecule has 1 heterocycles. The average molecular weight is 293 g/mol. The smallest absolute Gasteiger partial charge is 0.335 e. The van der Waals surface area contributed by atoms with Gasteiger partial charge in [-0.15, -0.1) is 0 Å². The van der Waals surface area contributed by atoms with Crippen LogP contribution >= 0.6 is 11.6 Å². The number of aromatic amines is 1. The molecule has 20 heavy (non-hydrogen) atoms. The van der Waals surface area contributed by atoms with Crippen LogP contribution in [0.25, 0.3) is 0 Å². The van der Waals surface area contributed by atoms with Gasteiger partial charge in [0.1, 0.15) is 0 Å². The molecule has 0 aliphatic carbocycles. The summed E-state index contributed by atoms with van der Waals surface area (Å²) in [5.74, 6) is -1.01. The lowest BCUT2D eigenvalue weighted by atomic mass is 10.2. The van der Waals surface area contributed by atoms with E-state index < -0.39 is 11.5 Å². The summed E-state index contributed by atoms with van der Waals surface area (Å²) in [6.07, 6.45) is 0. The summed E-state index contributed by atoms with van der Waals surface area (Å²) in [5.41, 5.74) is 2.03. The summed E-state index contributed by atoms with van der Waals surface area (Å²) in [7, 11) is 0. The Kier molecular flexibility index (Phi) is 4.11. The van der Waals surface area contributed by atoms with Crippen LogP contribution in [0.15, 0.2) is 41.2 Å². The molecule has 8 heteroatoms. The Hall–Kier alpha value is -2.67. The van der Waals surface area contributed by atoms with Crippen molar-refractivity contribution in [3.63, 3.8) is 0 Å². The lowest BCUT2D eigenvalue weighted by molar-refractivity contribution is 0.0377. The van der Waals surface area contributed by atoms with Gasteiger partial charge in [-0.25, -0.2) is 9.89 Å². The number of hydrogen-bond donors (Lipinski definition) is 3. The van der Waals surface area contributed by atoms with Gasteiger partial charge in [-0.3, -0.25) is 10.2 Å². The van der Waals surface area contributed by atoms with Crippen molar-refractivity contribution < 1.29 is 9.63 Å². The van der Waals surface area contributed by atoms with E-state index in [9.17, 15) is 9.59 Å². The van der Waals surface area contributed by atoms with E-state index in [1.165, 1.54) is 6.07 Å². The summed E-state index contributed by atoms with van der Waals surface area (Å²) < 4.78 is 0. The largest absolute Gasteiger partial charge is 0.382 e. The number of nitrogens with zero attached hydrogens (tertiary/aromatic N) is 1. The fraction of sp³-hybridized carbons (Fsp3) is 0. The third-order valence-corrected chi connectivity index (χ3v) is 2.61. The number of carbonyl (C=O) groups is 1. The van der Waals surface area contributed by atoms with Gasteiger partial charge in [0.15, 0.2) is 11.5 Å². The number of rotatable bonds is 2. The molecule has 1 aromatic heterocycles. The van der Waals surface area contributed by atoms with E-state index >= 15 is 0 Å². The van der Waals surface area contributed by atoms with E-state index in [-0.39, 0.29) is 11.5 Å². The molecule has 0 fully saturated rings. The number of hydrogen-bond acceptors (Lipinski definition) is 5. The van der Waals surface area contributed by atoms with Gasteiger partial charge in [-0.05, 0) is 18.2 Å². The van der Waals surface area contributed by atoms with Crippen molar-refractivity contribution in [1.82, 2.24) is 15.7 Å². The van der Waals surface area contributed by atoms with Crippen LogP contribution in [-0.4, -0.2) is 22.0 Å². The van der Waals surface area contributed by atoms with E-state index in [0.29, 0.717) is 10.6 Å². The van der Waals surface area contributed by atoms with Crippen LogP contribution in [-0.2, 0) is 4.84 Å². The van der Waals surface area contributed by atoms with Crippen LogP contribution in [0, 0.1) is 5.41 Å². The van der Waals surface area contributed by atoms with Gasteiger partial charge < -0.3 is 4.84 Å². The molecule has 0 amide bonds. The highest BCUT2D eigenvalue weighted by Gasteiger charge is 2.12. The fourth-order valence-corrected chi connectivity index (χ4v) is 1.56. The zero-order valence-corrected chi connectivity index (χ0v) is 10.8. The summed E-state index contributed by atoms with van der Waals surface area (Å²) in [5, 5.41) is 13.7. The maximum Gasteiger partial charge on any atom is 0.382 e. The van der Waals surface area contributed by atoms with Gasteiger partial charge in [0.25, 0.3) is 5.56 Å². The van der Waals surface area contributed by atoms with Gasteiger partial charge >= 0.3 is 5.97 Å². The second-order valence-electron chi connectivity index (χ2n) is 3.65. The third kappa shape index (κ3) is 3.21. The standard InChI is InChI=1S/C12H9ClN4O3/c13-8-4-2-1-3-7(8)11(14)17-20-12(19)9-5-6-10(18)16-15-9/h1-6H,(H2,14,17)(H,16,18). The van der Waals surface area contributed by atoms with Crippen LogP contribution < -0.4 is 11.0 Å². The molecule has 0 bridgehead atoms. The van der Waals surface area contributed by atoms with Crippen LogP contribution in [0.2, 0.25) is 5.02 Å². The molecule has 0 unspecified atom stereocenters. The van der Waals surface area contributed by atoms with Crippen LogP contribution in [0.1, 0.15) is 16.1 Å². The summed E-state index contributed by atoms with van der Waals surface area (Å²) >= 11 is 5.90. The Bertz CT molecular complexity index is 693. The number of halogens is 1. The highest BCUT2D eigenvalue weighted by molar-refractivity contribution is 6.33. The number of aromatic nitrogens is 2. The first-order valence-electron chi connectivity index (χ1n) is 5.44. The molecule has 0 aliphatic rings. The van der Waals surface area contributed by atoms with Gasteiger partial charge in [0.05, 0.1) is 5.02 Å². The van der Waals surface area contributed by atoms with Crippen molar-refractivity contribution in [2.24, 2.45) is 0 Å². The second-order valence-corrected chi connectivity index (χ2v) is 4.06. The van der Waals surface area contributed by atoms with Crippen molar-refractivity contribution in [2.75, 3.05) is 0 Å². The molecule has 3 N–H and O–H groups in total. The SMILES string of the molecule is N=C(NOC(=O)c1ccc(=O)[nH]n1)c1ccccc1Cl. The molecule has 2 rings (SSSR count). The van der Waals surface area contributed by atoms with Crippen molar-refractivity contribution >= 4 is 23.4 Å². The van der Waals surface area contributed by atoms with E-state index in [1.54, 1.807) is 24.3 Å². The lowest BCUT2D eigenvalue weighted by Crippen LogP contribution is -2.28. The maximum atomic E-state index is 11.6. The van der Waals surface area contributed by atoms with Crippen molar-refractivity contribution in [3.8, 4) is 0 Å². The lowest BCUT2D eigenvalue weighted by Gasteiger charge is -2.08. The van der Waals surface area contributed by atoms with E-state index in [4.69, 9.17) is 17.0 Å². The number of benzene rings is 1. The molecule has 0 aliphatic heterocycles. The zero-order valence-electron chi connectivity index (χ0n) is 10.0. The minimum Gasteiger partial charge on any atom is -0.335 e. The Morgan fingerprint density at radius 3 is 2.70 bits per heavy atom. The Morgan fingerprint density at radius 1 is 1.30 bits per heavy atom. The molecule has 0 radical (unpaired) electrons. The number of nitrogens with one attached hydrogen (secondary N) is 3. The molecule has 7 nitrogen and oxygen atoms in total. The summed E-state index contributed by atoms with van der Waals surface area (Å²) in [6.45, 7) is 0. The van der Waals surface area contributed by atoms with Gasteiger partial charge in [0, 0.05) is 11.6 Å². The number of H-pyrrole nitrogens is 1. The predicted octanol–water partition coefficient (Wildman–Crippen LogP) is 1.11. The highest BCUT2D eigenvalue weighted by atomic mass is 35.5. The molecule has 2 aromatic rings. The molecular formula is C12H9ClN4O3. The average Bonchev–Trinajstić information content (AvgIpc) is 2.45. The minimum atomic E-state index is -0.835. The quantitative estimate of drug-likeness (QED) is 0.436. The zero-order chi connectivity index (χ0) is 14.5. The van der Waals surface area contributed by atoms with Crippen molar-refractivity contribution in [2.45, 2.75) is 0 Å². The molecule has 102 valence electrons. The number of amidine groups is 1. The first-order valence-corrected chi connectivity index (χ1v) is 5.82. The molecule has 0 saturated carbocycles. The van der Waals surface area contributed by atoms with Crippen molar-refractivity contribution in [3.05, 3.63) is 63.0 Å². The molecule has 0 saturated heterocycles. The molecule has 0 atom stereocenters. The van der Waals surface area contributed by atoms with Crippen LogP contribution in [0.5, 0.6) is 0 Å². The second kappa shape index (κ2) is 5.98. The Labute approximate surface area is 118 Å². The van der Waals surface area contributed by atoms with Crippen LogP contribution in [0.3, 0.4) is 0 Å². The topological polar surface area (TPSA) is 108 Å². The monoisotopic (exact) mass is 292 g/mol. The molecule has 0 spiro atoms. The van der Waals surface area contributed by atoms with Crippen molar-refractivity contribution in [1.29, 1.82) is 5.41 Å². The third-order valence-electron chi connectivity index (χ3n) is 2.28. The maximum absolute atomic E-state index is 11.6. The van der Waals surface area contributed by atoms with Gasteiger partial charge in [0.2, 0.25) is 0 Å². The highest BCUT2D eigenvalue weighted by Crippen LogP contribution is 2.14. The van der Waals surface area contributed by atoms with Crippen LogP contribution in [0.4, 0.5) is 0 Å². The van der Waals surface area contributed by atoms with Gasteiger partial charge in [-0.2, -0.15) is 10.6 Å². The minimum absolute atomic E-state index is 0.0935. The van der Waals surface area contributed by atoms with Gasteiger partial charge in [-0.1, -0.05) is 23.7 Å². The molecule has 1 aromatic carbocycles. The molecular weight excluding hydrogens is 284 g/mol. The Morgan fingerprint density at radius 2 is 2.05 bits per heavy atom. The fourth-order valence-electron chi connectivity index (χ4n) is 1.33. The normalized spacial score (nSPS) is 9.85. The van der Waals surface area contributed by atoms with E-state index in [0.717, 1.165) is 6.07 Å². The van der Waals surface area contributed by atoms with E-state index in [2.05, 4.69) is 20.5 Å². The Balaban J connectivity index is 2.00. The van der Waals surface area contributed by atoms with E-state index in [1.807, 2.05) is 0 Å². The first kappa shape index (κ1) is 13.8. The number of hydroxylamine groups is 1. The first-order chi connectivity index (χ1) is 9.58. The summed E-state index contributed by atoms with van der Waals surface area (Å²) in [6, 6.07) is 8.98. The predicted molar refractivity (Wildman–Crippen MR) is 71.7 cm³/mol. The number of carbonyl (C=O) groups excluding carboxylic acids is 1. The summed E-state index contributed by atoms with van der Waals surface area (Å²) in [4.78, 5) is 27.1.